The Balaban J connectivity index is 1.61. The fourth-order valence-electron chi connectivity index (χ4n) is 3.40. The standard InChI is InChI=1S/C25H19ClN2O6/c1-3-33-25(32)20-12-15(7-9-21(20)26)22-10-8-18(34-22)13-19-14(2)27-28(23(19)29)17-6-4-5-16(11-17)24(30)31/h4-13H,3H2,1-2H3,(H,30,31)/b19-13-. The highest BCUT2D eigenvalue weighted by Gasteiger charge is 2.29. The summed E-state index contributed by atoms with van der Waals surface area (Å²) in [4.78, 5) is 36.4. The summed E-state index contributed by atoms with van der Waals surface area (Å²) in [6.07, 6.45) is 1.56. The molecule has 1 N–H and O–H groups in total. The Morgan fingerprint density at radius 3 is 2.71 bits per heavy atom. The molecule has 4 rings (SSSR count). The number of halogens is 1. The van der Waals surface area contributed by atoms with Gasteiger partial charge in [0, 0.05) is 5.56 Å². The summed E-state index contributed by atoms with van der Waals surface area (Å²) in [6.45, 7) is 3.62. The van der Waals surface area contributed by atoms with Gasteiger partial charge in [0.05, 0.1) is 39.7 Å². The van der Waals surface area contributed by atoms with E-state index in [0.717, 1.165) is 5.01 Å². The molecule has 9 heteroatoms. The van der Waals surface area contributed by atoms with Gasteiger partial charge in [-0.25, -0.2) is 9.59 Å². The molecule has 2 aromatic carbocycles. The molecule has 0 saturated heterocycles. The zero-order valence-electron chi connectivity index (χ0n) is 18.2. The van der Waals surface area contributed by atoms with Crippen LogP contribution in [0.3, 0.4) is 0 Å². The molecule has 0 fully saturated rings. The van der Waals surface area contributed by atoms with Gasteiger partial charge in [-0.2, -0.15) is 10.1 Å². The number of carbonyl (C=O) groups excluding carboxylic acids is 2. The summed E-state index contributed by atoms with van der Waals surface area (Å²) in [7, 11) is 0. The number of nitrogens with zero attached hydrogens (tertiary/aromatic N) is 2. The van der Waals surface area contributed by atoms with E-state index in [9.17, 15) is 19.5 Å². The molecule has 0 saturated carbocycles. The fraction of sp³-hybridized carbons (Fsp3) is 0.120. The van der Waals surface area contributed by atoms with E-state index in [1.165, 1.54) is 12.1 Å². The van der Waals surface area contributed by atoms with E-state index < -0.39 is 17.8 Å². The smallest absolute Gasteiger partial charge is 0.339 e. The average Bonchev–Trinajstić information content (AvgIpc) is 3.40. The van der Waals surface area contributed by atoms with Gasteiger partial charge in [0.25, 0.3) is 5.91 Å². The number of esters is 1. The van der Waals surface area contributed by atoms with Crippen LogP contribution in [0.4, 0.5) is 5.69 Å². The summed E-state index contributed by atoms with van der Waals surface area (Å²) >= 11 is 6.13. The van der Waals surface area contributed by atoms with Crippen LogP contribution in [0, 0.1) is 0 Å². The van der Waals surface area contributed by atoms with E-state index in [1.807, 2.05) is 0 Å². The third-order valence-corrected chi connectivity index (χ3v) is 5.39. The highest BCUT2D eigenvalue weighted by atomic mass is 35.5. The van der Waals surface area contributed by atoms with Gasteiger partial charge in [-0.3, -0.25) is 4.79 Å². The summed E-state index contributed by atoms with van der Waals surface area (Å²) in [6, 6.07) is 14.3. The first-order valence-corrected chi connectivity index (χ1v) is 10.7. The lowest BCUT2D eigenvalue weighted by molar-refractivity contribution is -0.114. The molecule has 3 aromatic rings. The first-order valence-electron chi connectivity index (χ1n) is 10.3. The Hall–Kier alpha value is -4.17. The largest absolute Gasteiger partial charge is 0.478 e. The predicted octanol–water partition coefficient (Wildman–Crippen LogP) is 5.28. The van der Waals surface area contributed by atoms with Crippen LogP contribution in [0.15, 0.2) is 69.7 Å². The number of benzene rings is 2. The van der Waals surface area contributed by atoms with Crippen molar-refractivity contribution in [1.29, 1.82) is 0 Å². The summed E-state index contributed by atoms with van der Waals surface area (Å²) in [5, 5.41) is 14.9. The normalized spacial score (nSPS) is 14.4. The van der Waals surface area contributed by atoms with Gasteiger partial charge in [-0.1, -0.05) is 17.7 Å². The van der Waals surface area contributed by atoms with Crippen LogP contribution < -0.4 is 5.01 Å². The van der Waals surface area contributed by atoms with Crippen LogP contribution in [0.5, 0.6) is 0 Å². The summed E-state index contributed by atoms with van der Waals surface area (Å²) in [5.41, 5.74) is 2.01. The van der Waals surface area contributed by atoms with Crippen molar-refractivity contribution in [2.75, 3.05) is 11.6 Å². The molecule has 0 spiro atoms. The Kier molecular flexibility index (Phi) is 6.34. The highest BCUT2D eigenvalue weighted by Crippen LogP contribution is 2.30. The molecule has 8 nitrogen and oxygen atoms in total. The minimum Gasteiger partial charge on any atom is -0.478 e. The van der Waals surface area contributed by atoms with Gasteiger partial charge in [0.2, 0.25) is 0 Å². The minimum absolute atomic E-state index is 0.0522. The molecule has 1 aliphatic heterocycles. The molecule has 1 aromatic heterocycles. The van der Waals surface area contributed by atoms with Crippen LogP contribution in [0.1, 0.15) is 40.3 Å². The SMILES string of the molecule is CCOC(=O)c1cc(-c2ccc(/C=C3\C(=O)N(c4cccc(C(=O)O)c4)N=C3C)o2)ccc1Cl. The highest BCUT2D eigenvalue weighted by molar-refractivity contribution is 6.33. The van der Waals surface area contributed by atoms with Crippen LogP contribution in [-0.4, -0.2) is 35.3 Å². The monoisotopic (exact) mass is 478 g/mol. The number of carbonyl (C=O) groups is 3. The van der Waals surface area contributed by atoms with Crippen LogP contribution in [-0.2, 0) is 9.53 Å². The summed E-state index contributed by atoms with van der Waals surface area (Å²) in [5.74, 6) is -1.16. The number of hydrogen-bond acceptors (Lipinski definition) is 6. The maximum absolute atomic E-state index is 13.0. The minimum atomic E-state index is -1.10. The lowest BCUT2D eigenvalue weighted by Gasteiger charge is -2.12. The van der Waals surface area contributed by atoms with Gasteiger partial charge < -0.3 is 14.3 Å². The number of rotatable bonds is 6. The van der Waals surface area contributed by atoms with Crippen molar-refractivity contribution in [1.82, 2.24) is 0 Å². The maximum atomic E-state index is 13.0. The average molecular weight is 479 g/mol. The zero-order valence-corrected chi connectivity index (χ0v) is 19.0. The molecule has 2 heterocycles. The van der Waals surface area contributed by atoms with Crippen LogP contribution >= 0.6 is 11.6 Å². The van der Waals surface area contributed by atoms with E-state index in [-0.39, 0.29) is 22.8 Å². The summed E-state index contributed by atoms with van der Waals surface area (Å²) < 4.78 is 10.9. The van der Waals surface area contributed by atoms with Crippen LogP contribution in [0.25, 0.3) is 17.4 Å². The van der Waals surface area contributed by atoms with Gasteiger partial charge in [-0.05, 0) is 68.5 Å². The van der Waals surface area contributed by atoms with Gasteiger partial charge in [-0.15, -0.1) is 0 Å². The third-order valence-electron chi connectivity index (χ3n) is 5.06. The van der Waals surface area contributed by atoms with E-state index in [2.05, 4.69) is 5.10 Å². The first-order chi connectivity index (χ1) is 16.3. The number of aromatic carboxylic acids is 1. The van der Waals surface area contributed by atoms with Crippen molar-refractivity contribution in [3.05, 3.63) is 82.1 Å². The molecule has 1 amide bonds. The number of ether oxygens (including phenoxy) is 1. The van der Waals surface area contributed by atoms with Crippen molar-refractivity contribution in [3.63, 3.8) is 0 Å². The Labute approximate surface area is 199 Å². The topological polar surface area (TPSA) is 109 Å². The Morgan fingerprint density at radius 1 is 1.18 bits per heavy atom. The second-order valence-electron chi connectivity index (χ2n) is 7.33. The number of amides is 1. The molecular formula is C25H19ClN2O6. The number of furan rings is 1. The van der Waals surface area contributed by atoms with Crippen molar-refractivity contribution in [2.24, 2.45) is 5.10 Å². The third kappa shape index (κ3) is 4.49. The van der Waals surface area contributed by atoms with Crippen LogP contribution in [0.2, 0.25) is 5.02 Å². The number of hydrogen-bond donors (Lipinski definition) is 1. The zero-order chi connectivity index (χ0) is 24.4. The number of carboxylic acids is 1. The molecule has 0 bridgehead atoms. The molecule has 0 radical (unpaired) electrons. The van der Waals surface area contributed by atoms with Crippen molar-refractivity contribution in [3.8, 4) is 11.3 Å². The van der Waals surface area contributed by atoms with E-state index in [4.69, 9.17) is 20.8 Å². The van der Waals surface area contributed by atoms with Crippen molar-refractivity contribution < 1.29 is 28.6 Å². The van der Waals surface area contributed by atoms with E-state index in [1.54, 1.807) is 62.4 Å². The van der Waals surface area contributed by atoms with Crippen molar-refractivity contribution in [2.45, 2.75) is 13.8 Å². The molecule has 0 atom stereocenters. The Bertz CT molecular complexity index is 1370. The molecule has 34 heavy (non-hydrogen) atoms. The van der Waals surface area contributed by atoms with Gasteiger partial charge in [0.15, 0.2) is 0 Å². The van der Waals surface area contributed by atoms with E-state index >= 15 is 0 Å². The van der Waals surface area contributed by atoms with Gasteiger partial charge in [0.1, 0.15) is 11.5 Å². The second-order valence-corrected chi connectivity index (χ2v) is 7.74. The Morgan fingerprint density at radius 2 is 1.97 bits per heavy atom. The number of hydrazone groups is 1. The molecular weight excluding hydrogens is 460 g/mol. The molecule has 0 aliphatic carbocycles. The molecule has 0 unspecified atom stereocenters. The fourth-order valence-corrected chi connectivity index (χ4v) is 3.60. The predicted molar refractivity (Wildman–Crippen MR) is 127 cm³/mol. The molecule has 1 aliphatic rings. The van der Waals surface area contributed by atoms with Gasteiger partial charge >= 0.3 is 11.9 Å². The first kappa shape index (κ1) is 23.0. The maximum Gasteiger partial charge on any atom is 0.339 e. The lowest BCUT2D eigenvalue weighted by atomic mass is 10.1. The quantitative estimate of drug-likeness (QED) is 0.381. The van der Waals surface area contributed by atoms with E-state index in [0.29, 0.717) is 34.1 Å². The number of anilines is 1. The lowest BCUT2D eigenvalue weighted by Crippen LogP contribution is -2.21. The second kappa shape index (κ2) is 9.36. The molecule has 172 valence electrons. The number of carboxylic acid groups (broad SMARTS) is 1. The van der Waals surface area contributed by atoms with Crippen molar-refractivity contribution >= 4 is 46.9 Å².